The van der Waals surface area contributed by atoms with Crippen LogP contribution >= 0.6 is 0 Å². The number of carbonyl (C=O) groups is 1. The van der Waals surface area contributed by atoms with Gasteiger partial charge >= 0.3 is 0 Å². The van der Waals surface area contributed by atoms with E-state index in [0.29, 0.717) is 22.2 Å². The molecule has 4 rings (SSSR count). The van der Waals surface area contributed by atoms with Gasteiger partial charge in [-0.1, -0.05) is 30.3 Å². The lowest BCUT2D eigenvalue weighted by Gasteiger charge is -2.17. The third-order valence-corrected chi connectivity index (χ3v) is 6.88. The number of rotatable bonds is 7. The molecule has 0 aliphatic rings. The third kappa shape index (κ3) is 4.71. The minimum atomic E-state index is -3.68. The first kappa shape index (κ1) is 21.7. The van der Waals surface area contributed by atoms with Crippen molar-refractivity contribution in [1.29, 1.82) is 0 Å². The predicted octanol–water partition coefficient (Wildman–Crippen LogP) is 4.57. The van der Waals surface area contributed by atoms with E-state index < -0.39 is 15.8 Å². The number of halogens is 1. The molecule has 0 radical (unpaired) electrons. The van der Waals surface area contributed by atoms with Gasteiger partial charge in [0.2, 0.25) is 15.9 Å². The van der Waals surface area contributed by atoms with Crippen molar-refractivity contribution < 1.29 is 22.0 Å². The maximum atomic E-state index is 13.5. The van der Waals surface area contributed by atoms with Crippen molar-refractivity contribution in [2.45, 2.75) is 17.9 Å². The van der Waals surface area contributed by atoms with E-state index in [0.717, 1.165) is 5.56 Å². The van der Waals surface area contributed by atoms with E-state index >= 15 is 0 Å². The fraction of sp³-hybridized carbons (Fsp3) is 0.125. The molecule has 0 saturated carbocycles. The van der Waals surface area contributed by atoms with Crippen molar-refractivity contribution in [3.05, 3.63) is 96.0 Å². The molecule has 6 nitrogen and oxygen atoms in total. The standard InChI is InChI=1S/C24H21FN2O4S/c1-27(15-17-5-3-2-4-6-17)32(29,30)21-10-8-20(9-11-21)26-24(28)13-18-16-31-23-12-7-19(25)14-22(18)23/h2-12,14,16H,13,15H2,1H3,(H,26,28). The summed E-state index contributed by atoms with van der Waals surface area (Å²) in [5.41, 5.74) is 2.41. The number of nitrogens with one attached hydrogen (secondary N) is 1. The Bertz CT molecular complexity index is 1350. The quantitative estimate of drug-likeness (QED) is 0.445. The molecule has 4 aromatic rings. The van der Waals surface area contributed by atoms with Crippen molar-refractivity contribution in [1.82, 2.24) is 4.31 Å². The number of hydrogen-bond acceptors (Lipinski definition) is 4. The van der Waals surface area contributed by atoms with Crippen LogP contribution in [0, 0.1) is 5.82 Å². The van der Waals surface area contributed by atoms with Crippen LogP contribution in [0.5, 0.6) is 0 Å². The normalized spacial score (nSPS) is 11.7. The molecule has 0 spiro atoms. The lowest BCUT2D eigenvalue weighted by Crippen LogP contribution is -2.26. The smallest absolute Gasteiger partial charge is 0.243 e. The summed E-state index contributed by atoms with van der Waals surface area (Å²) in [4.78, 5) is 12.6. The summed E-state index contributed by atoms with van der Waals surface area (Å²) in [7, 11) is -2.16. The second kappa shape index (κ2) is 8.94. The summed E-state index contributed by atoms with van der Waals surface area (Å²) in [5, 5.41) is 3.27. The van der Waals surface area contributed by atoms with Gasteiger partial charge in [0.25, 0.3) is 0 Å². The molecular weight excluding hydrogens is 431 g/mol. The van der Waals surface area contributed by atoms with Crippen LogP contribution in [0.2, 0.25) is 0 Å². The van der Waals surface area contributed by atoms with Crippen LogP contribution in [0.25, 0.3) is 11.0 Å². The van der Waals surface area contributed by atoms with Gasteiger partial charge < -0.3 is 9.73 Å². The fourth-order valence-corrected chi connectivity index (χ4v) is 4.54. The number of nitrogens with zero attached hydrogens (tertiary/aromatic N) is 1. The minimum Gasteiger partial charge on any atom is -0.464 e. The highest BCUT2D eigenvalue weighted by atomic mass is 32.2. The monoisotopic (exact) mass is 452 g/mol. The number of carbonyl (C=O) groups excluding carboxylic acids is 1. The zero-order valence-corrected chi connectivity index (χ0v) is 18.1. The van der Waals surface area contributed by atoms with E-state index in [1.165, 1.54) is 60.1 Å². The average molecular weight is 453 g/mol. The number of furan rings is 1. The molecule has 0 fully saturated rings. The number of fused-ring (bicyclic) bond motifs is 1. The molecular formula is C24H21FN2O4S. The number of hydrogen-bond donors (Lipinski definition) is 1. The molecule has 1 aromatic heterocycles. The Morgan fingerprint density at radius 2 is 1.75 bits per heavy atom. The van der Waals surface area contributed by atoms with Crippen molar-refractivity contribution in [2.24, 2.45) is 0 Å². The summed E-state index contributed by atoms with van der Waals surface area (Å²) in [6.07, 6.45) is 1.43. The molecule has 0 aliphatic carbocycles. The highest BCUT2D eigenvalue weighted by Crippen LogP contribution is 2.23. The average Bonchev–Trinajstić information content (AvgIpc) is 3.16. The first-order valence-electron chi connectivity index (χ1n) is 9.89. The number of sulfonamides is 1. The second-order valence-electron chi connectivity index (χ2n) is 7.40. The molecule has 1 heterocycles. The van der Waals surface area contributed by atoms with Crippen LogP contribution in [-0.2, 0) is 27.8 Å². The minimum absolute atomic E-state index is 0.00365. The van der Waals surface area contributed by atoms with Crippen molar-refractivity contribution in [2.75, 3.05) is 12.4 Å². The molecule has 0 saturated heterocycles. The Kier molecular flexibility index (Phi) is 6.07. The lowest BCUT2D eigenvalue weighted by molar-refractivity contribution is -0.115. The zero-order chi connectivity index (χ0) is 22.7. The van der Waals surface area contributed by atoms with Crippen LogP contribution in [0.15, 0.2) is 88.4 Å². The van der Waals surface area contributed by atoms with E-state index in [1.807, 2.05) is 30.3 Å². The Hall–Kier alpha value is -3.49. The van der Waals surface area contributed by atoms with Crippen LogP contribution in [0.1, 0.15) is 11.1 Å². The van der Waals surface area contributed by atoms with Gasteiger partial charge in [-0.2, -0.15) is 4.31 Å². The van der Waals surface area contributed by atoms with Gasteiger partial charge in [0.1, 0.15) is 11.4 Å². The molecule has 0 atom stereocenters. The van der Waals surface area contributed by atoms with Gasteiger partial charge in [-0.25, -0.2) is 12.8 Å². The van der Waals surface area contributed by atoms with Crippen LogP contribution in [0.4, 0.5) is 10.1 Å². The van der Waals surface area contributed by atoms with Crippen LogP contribution in [0.3, 0.4) is 0 Å². The summed E-state index contributed by atoms with van der Waals surface area (Å²) in [6.45, 7) is 0.251. The van der Waals surface area contributed by atoms with Crippen molar-refractivity contribution in [3.8, 4) is 0 Å². The van der Waals surface area contributed by atoms with Gasteiger partial charge in [-0.3, -0.25) is 4.79 Å². The van der Waals surface area contributed by atoms with Gasteiger partial charge in [0, 0.05) is 30.2 Å². The molecule has 0 aliphatic heterocycles. The summed E-state index contributed by atoms with van der Waals surface area (Å²) < 4.78 is 45.8. The molecule has 0 unspecified atom stereocenters. The number of anilines is 1. The van der Waals surface area contributed by atoms with Crippen molar-refractivity contribution in [3.63, 3.8) is 0 Å². The van der Waals surface area contributed by atoms with Gasteiger partial charge in [0.05, 0.1) is 17.6 Å². The molecule has 3 aromatic carbocycles. The molecule has 0 bridgehead atoms. The molecule has 1 amide bonds. The van der Waals surface area contributed by atoms with E-state index in [2.05, 4.69) is 5.32 Å². The maximum absolute atomic E-state index is 13.5. The first-order valence-corrected chi connectivity index (χ1v) is 11.3. The topological polar surface area (TPSA) is 79.6 Å². The number of amides is 1. The predicted molar refractivity (Wildman–Crippen MR) is 120 cm³/mol. The van der Waals surface area contributed by atoms with E-state index in [1.54, 1.807) is 0 Å². The Morgan fingerprint density at radius 1 is 1.03 bits per heavy atom. The second-order valence-corrected chi connectivity index (χ2v) is 9.44. The Balaban J connectivity index is 1.42. The van der Waals surface area contributed by atoms with Crippen LogP contribution < -0.4 is 5.32 Å². The lowest BCUT2D eigenvalue weighted by atomic mass is 10.1. The fourth-order valence-electron chi connectivity index (χ4n) is 3.38. The van der Waals surface area contributed by atoms with Crippen molar-refractivity contribution >= 4 is 32.6 Å². The largest absolute Gasteiger partial charge is 0.464 e. The van der Waals surface area contributed by atoms with E-state index in [9.17, 15) is 17.6 Å². The first-order chi connectivity index (χ1) is 15.3. The van der Waals surface area contributed by atoms with E-state index in [-0.39, 0.29) is 23.8 Å². The van der Waals surface area contributed by atoms with Gasteiger partial charge in [0.15, 0.2) is 0 Å². The molecule has 1 N–H and O–H groups in total. The Labute approximate surface area is 185 Å². The van der Waals surface area contributed by atoms with E-state index in [4.69, 9.17) is 4.42 Å². The summed E-state index contributed by atoms with van der Waals surface area (Å²) in [5.74, 6) is -0.733. The third-order valence-electron chi connectivity index (χ3n) is 5.06. The number of benzene rings is 3. The summed E-state index contributed by atoms with van der Waals surface area (Å²) in [6, 6.07) is 19.4. The maximum Gasteiger partial charge on any atom is 0.243 e. The van der Waals surface area contributed by atoms with Gasteiger partial charge in [-0.05, 0) is 48.0 Å². The highest BCUT2D eigenvalue weighted by molar-refractivity contribution is 7.89. The van der Waals surface area contributed by atoms with Gasteiger partial charge in [-0.15, -0.1) is 0 Å². The zero-order valence-electron chi connectivity index (χ0n) is 17.3. The molecule has 32 heavy (non-hydrogen) atoms. The summed E-state index contributed by atoms with van der Waals surface area (Å²) >= 11 is 0. The molecule has 8 heteroatoms. The molecule has 164 valence electrons. The Morgan fingerprint density at radius 3 is 2.47 bits per heavy atom. The SMILES string of the molecule is CN(Cc1ccccc1)S(=O)(=O)c1ccc(NC(=O)Cc2coc3ccc(F)cc23)cc1. The highest BCUT2D eigenvalue weighted by Gasteiger charge is 2.21. The van der Waals surface area contributed by atoms with Crippen LogP contribution in [-0.4, -0.2) is 25.7 Å².